The van der Waals surface area contributed by atoms with E-state index in [1.54, 1.807) is 5.57 Å². The van der Waals surface area contributed by atoms with E-state index in [-0.39, 0.29) is 22.9 Å². The van der Waals surface area contributed by atoms with Crippen LogP contribution in [0.2, 0.25) is 0 Å². The lowest BCUT2D eigenvalue weighted by atomic mass is 9.47. The lowest BCUT2D eigenvalue weighted by molar-refractivity contribution is -0.148. The third-order valence-corrected chi connectivity index (χ3v) is 10.8. The van der Waals surface area contributed by atoms with Crippen LogP contribution in [0.25, 0.3) is 16.0 Å². The van der Waals surface area contributed by atoms with Gasteiger partial charge in [0, 0.05) is 19.5 Å². The number of nitrogens with zero attached hydrogens (tertiary/aromatic N) is 1. The fraction of sp³-hybridized carbons (Fsp3) is 0.533. The molecule has 6 rings (SSSR count). The lowest BCUT2D eigenvalue weighted by Crippen LogP contribution is -2.50. The standard InChI is InChI=1S/C30H35NO2S/c1-19(32)33-22-13-15-29(2)21(17-22)9-10-23-24-11-12-26(30(24,3)16-14-25(23)29)28-31-18-27(34-28)20-7-5-4-6-8-20/h4-9,12,18,22-25H,10-11,13-17H2,1-3H3/t22-,23-,24-,25-,29-,30-/m0/s1. The van der Waals surface area contributed by atoms with E-state index in [2.05, 4.69) is 62.5 Å². The maximum absolute atomic E-state index is 11.5. The summed E-state index contributed by atoms with van der Waals surface area (Å²) in [5.74, 6) is 2.04. The number of ether oxygens (including phenoxy) is 1. The second-order valence-electron chi connectivity index (χ2n) is 11.4. The summed E-state index contributed by atoms with van der Waals surface area (Å²) in [4.78, 5) is 17.7. The number of thiazole rings is 1. The van der Waals surface area contributed by atoms with Crippen molar-refractivity contribution in [1.82, 2.24) is 4.98 Å². The molecule has 2 fully saturated rings. The van der Waals surface area contributed by atoms with Crippen molar-refractivity contribution in [3.8, 4) is 10.4 Å². The Morgan fingerprint density at radius 1 is 1.03 bits per heavy atom. The van der Waals surface area contributed by atoms with E-state index >= 15 is 0 Å². The topological polar surface area (TPSA) is 39.2 Å². The Labute approximate surface area is 207 Å². The number of hydrogen-bond acceptors (Lipinski definition) is 4. The van der Waals surface area contributed by atoms with Crippen LogP contribution in [0, 0.1) is 28.6 Å². The van der Waals surface area contributed by atoms with Crippen molar-refractivity contribution in [3.05, 3.63) is 59.3 Å². The number of carbonyl (C=O) groups excluding carboxylic acids is 1. The molecule has 4 heteroatoms. The van der Waals surface area contributed by atoms with Gasteiger partial charge in [0.15, 0.2) is 0 Å². The highest BCUT2D eigenvalue weighted by Gasteiger charge is 2.57. The minimum absolute atomic E-state index is 0.0747. The van der Waals surface area contributed by atoms with Gasteiger partial charge in [0.1, 0.15) is 11.1 Å². The zero-order valence-electron chi connectivity index (χ0n) is 20.5. The first-order valence-electron chi connectivity index (χ1n) is 13.0. The van der Waals surface area contributed by atoms with E-state index in [1.165, 1.54) is 53.6 Å². The molecule has 4 aliphatic rings. The Morgan fingerprint density at radius 2 is 1.82 bits per heavy atom. The van der Waals surface area contributed by atoms with Crippen LogP contribution in [0.15, 0.2) is 54.3 Å². The van der Waals surface area contributed by atoms with E-state index in [1.807, 2.05) is 11.3 Å². The molecule has 0 aliphatic heterocycles. The molecule has 4 aliphatic carbocycles. The molecule has 6 atom stereocenters. The van der Waals surface area contributed by atoms with Crippen LogP contribution < -0.4 is 0 Å². The normalized spacial score (nSPS) is 36.6. The van der Waals surface area contributed by atoms with Crippen molar-refractivity contribution in [2.45, 2.75) is 71.8 Å². The summed E-state index contributed by atoms with van der Waals surface area (Å²) in [5.41, 5.74) is 4.82. The minimum atomic E-state index is -0.140. The first kappa shape index (κ1) is 22.3. The van der Waals surface area contributed by atoms with Crippen LogP contribution in [0.5, 0.6) is 0 Å². The molecule has 2 aromatic rings. The molecule has 34 heavy (non-hydrogen) atoms. The summed E-state index contributed by atoms with van der Waals surface area (Å²) in [6.07, 6.45) is 15.2. The smallest absolute Gasteiger partial charge is 0.302 e. The van der Waals surface area contributed by atoms with E-state index in [0.29, 0.717) is 5.92 Å². The number of fused-ring (bicyclic) bond motifs is 5. The summed E-state index contributed by atoms with van der Waals surface area (Å²) in [5, 5.41) is 1.22. The fourth-order valence-electron chi connectivity index (χ4n) is 8.00. The van der Waals surface area contributed by atoms with Crippen LogP contribution in [0.1, 0.15) is 70.7 Å². The Hall–Kier alpha value is -2.20. The number of rotatable bonds is 3. The molecule has 0 amide bonds. The summed E-state index contributed by atoms with van der Waals surface area (Å²) < 4.78 is 5.61. The Balaban J connectivity index is 1.25. The number of esters is 1. The van der Waals surface area contributed by atoms with Gasteiger partial charge in [0.25, 0.3) is 0 Å². The Morgan fingerprint density at radius 3 is 2.62 bits per heavy atom. The van der Waals surface area contributed by atoms with Gasteiger partial charge in [0.05, 0.1) is 4.88 Å². The van der Waals surface area contributed by atoms with Crippen molar-refractivity contribution in [2.24, 2.45) is 28.6 Å². The summed E-state index contributed by atoms with van der Waals surface area (Å²) in [6.45, 7) is 6.57. The maximum Gasteiger partial charge on any atom is 0.302 e. The van der Waals surface area contributed by atoms with E-state index in [0.717, 1.165) is 31.1 Å². The number of allylic oxidation sites excluding steroid dienone is 3. The average Bonchev–Trinajstić information content (AvgIpc) is 3.44. The second-order valence-corrected chi connectivity index (χ2v) is 12.5. The highest BCUT2D eigenvalue weighted by Crippen LogP contribution is 2.66. The molecule has 178 valence electrons. The van der Waals surface area contributed by atoms with E-state index in [4.69, 9.17) is 9.72 Å². The fourth-order valence-corrected chi connectivity index (χ4v) is 9.10. The van der Waals surface area contributed by atoms with Crippen molar-refractivity contribution in [2.75, 3.05) is 0 Å². The third kappa shape index (κ3) is 3.44. The van der Waals surface area contributed by atoms with Crippen LogP contribution in [-0.2, 0) is 9.53 Å². The zero-order chi connectivity index (χ0) is 23.5. The molecule has 1 aromatic carbocycles. The van der Waals surface area contributed by atoms with Crippen LogP contribution in [0.3, 0.4) is 0 Å². The number of carbonyl (C=O) groups is 1. The van der Waals surface area contributed by atoms with Gasteiger partial charge >= 0.3 is 5.97 Å². The number of hydrogen-bond donors (Lipinski definition) is 0. The van der Waals surface area contributed by atoms with Gasteiger partial charge in [-0.05, 0) is 78.2 Å². The molecular weight excluding hydrogens is 438 g/mol. The predicted molar refractivity (Wildman–Crippen MR) is 138 cm³/mol. The van der Waals surface area contributed by atoms with Crippen molar-refractivity contribution >= 4 is 22.9 Å². The van der Waals surface area contributed by atoms with Gasteiger partial charge in [-0.2, -0.15) is 0 Å². The number of benzene rings is 1. The Kier molecular flexibility index (Phi) is 5.36. The molecule has 0 N–H and O–H groups in total. The monoisotopic (exact) mass is 473 g/mol. The van der Waals surface area contributed by atoms with Crippen LogP contribution in [-0.4, -0.2) is 17.1 Å². The quantitative estimate of drug-likeness (QED) is 0.339. The average molecular weight is 474 g/mol. The highest BCUT2D eigenvalue weighted by atomic mass is 32.1. The first-order chi connectivity index (χ1) is 16.4. The summed E-state index contributed by atoms with van der Waals surface area (Å²) in [6, 6.07) is 10.6. The highest BCUT2D eigenvalue weighted by molar-refractivity contribution is 7.16. The summed E-state index contributed by atoms with van der Waals surface area (Å²) in [7, 11) is 0. The molecule has 0 saturated heterocycles. The Bertz CT molecular complexity index is 1160. The van der Waals surface area contributed by atoms with Crippen molar-refractivity contribution in [3.63, 3.8) is 0 Å². The lowest BCUT2D eigenvalue weighted by Gasteiger charge is -2.57. The van der Waals surface area contributed by atoms with E-state index in [9.17, 15) is 4.79 Å². The predicted octanol–water partition coefficient (Wildman–Crippen LogP) is 7.70. The van der Waals surface area contributed by atoms with Crippen molar-refractivity contribution < 1.29 is 9.53 Å². The maximum atomic E-state index is 11.5. The molecule has 1 aromatic heterocycles. The molecule has 2 saturated carbocycles. The SMILES string of the molecule is CC(=O)O[C@H]1CC[C@@]2(C)C(=CC[C@@H]3[C@@H]2CC[C@]2(C)C(c4ncc(-c5ccccc5)s4)=CC[C@@H]32)C1. The van der Waals surface area contributed by atoms with Gasteiger partial charge in [-0.1, -0.05) is 61.9 Å². The van der Waals surface area contributed by atoms with Crippen molar-refractivity contribution in [1.29, 1.82) is 0 Å². The molecular formula is C30H35NO2S. The molecule has 0 unspecified atom stereocenters. The molecule has 3 nitrogen and oxygen atoms in total. The molecule has 0 radical (unpaired) electrons. The zero-order valence-corrected chi connectivity index (χ0v) is 21.4. The summed E-state index contributed by atoms with van der Waals surface area (Å²) >= 11 is 1.86. The molecule has 1 heterocycles. The van der Waals surface area contributed by atoms with Crippen LogP contribution >= 0.6 is 11.3 Å². The van der Waals surface area contributed by atoms with Gasteiger partial charge in [-0.15, -0.1) is 11.3 Å². The largest absolute Gasteiger partial charge is 0.462 e. The van der Waals surface area contributed by atoms with Gasteiger partial charge in [-0.3, -0.25) is 4.79 Å². The van der Waals surface area contributed by atoms with Crippen LogP contribution in [0.4, 0.5) is 0 Å². The minimum Gasteiger partial charge on any atom is -0.462 e. The third-order valence-electron chi connectivity index (χ3n) is 9.77. The van der Waals surface area contributed by atoms with Gasteiger partial charge < -0.3 is 4.74 Å². The van der Waals surface area contributed by atoms with E-state index < -0.39 is 0 Å². The number of aromatic nitrogens is 1. The molecule has 0 bridgehead atoms. The first-order valence-corrected chi connectivity index (χ1v) is 13.8. The molecule has 0 spiro atoms. The van der Waals surface area contributed by atoms with Gasteiger partial charge in [-0.25, -0.2) is 4.98 Å². The second kappa shape index (κ2) is 8.19. The van der Waals surface area contributed by atoms with Gasteiger partial charge in [0.2, 0.25) is 0 Å².